The zero-order valence-corrected chi connectivity index (χ0v) is 11.2. The molecule has 2 aromatic carbocycles. The number of fused-ring (bicyclic) bond motifs is 1. The molecule has 0 bridgehead atoms. The summed E-state index contributed by atoms with van der Waals surface area (Å²) in [5.74, 6) is -0.0644. The predicted octanol–water partition coefficient (Wildman–Crippen LogP) is 2.63. The summed E-state index contributed by atoms with van der Waals surface area (Å²) in [7, 11) is 0. The summed E-state index contributed by atoms with van der Waals surface area (Å²) in [5, 5.41) is 18.0. The van der Waals surface area contributed by atoms with Gasteiger partial charge in [0.1, 0.15) is 12.1 Å². The lowest BCUT2D eigenvalue weighted by Gasteiger charge is -2.28. The van der Waals surface area contributed by atoms with E-state index < -0.39 is 0 Å². The van der Waals surface area contributed by atoms with Crippen LogP contribution in [0.2, 0.25) is 0 Å². The Kier molecular flexibility index (Phi) is 3.14. The topological polar surface area (TPSA) is 67.9 Å². The molecular weight excluding hydrogens is 262 g/mol. The van der Waals surface area contributed by atoms with Gasteiger partial charge in [-0.25, -0.2) is 0 Å². The van der Waals surface area contributed by atoms with Crippen molar-refractivity contribution < 1.29 is 4.79 Å². The lowest BCUT2D eigenvalue weighted by Crippen LogP contribution is -2.37. The van der Waals surface area contributed by atoms with Crippen molar-refractivity contribution in [1.82, 2.24) is 0 Å². The molecule has 3 rings (SSSR count). The average molecular weight is 273 g/mol. The first-order valence-electron chi connectivity index (χ1n) is 6.58. The van der Waals surface area contributed by atoms with Crippen LogP contribution in [0, 0.1) is 22.7 Å². The third-order valence-corrected chi connectivity index (χ3v) is 3.65. The van der Waals surface area contributed by atoms with E-state index >= 15 is 0 Å². The molecule has 0 saturated carbocycles. The standard InChI is InChI=1S/C17H11N3O/c18-10-13-5-6-15(9-14(13)11-19)20-8-7-12-3-1-2-4-16(12)17(20)21/h1-6,9H,7-8H2. The molecule has 0 unspecified atom stereocenters. The van der Waals surface area contributed by atoms with Gasteiger partial charge in [-0.05, 0) is 36.2 Å². The van der Waals surface area contributed by atoms with Gasteiger partial charge in [0.25, 0.3) is 5.91 Å². The number of rotatable bonds is 1. The number of benzene rings is 2. The van der Waals surface area contributed by atoms with Crippen molar-refractivity contribution in [3.8, 4) is 12.1 Å². The van der Waals surface area contributed by atoms with E-state index in [2.05, 4.69) is 0 Å². The van der Waals surface area contributed by atoms with Gasteiger partial charge in [0, 0.05) is 17.8 Å². The van der Waals surface area contributed by atoms with Gasteiger partial charge in [-0.2, -0.15) is 10.5 Å². The van der Waals surface area contributed by atoms with Gasteiger partial charge >= 0.3 is 0 Å². The summed E-state index contributed by atoms with van der Waals surface area (Å²) < 4.78 is 0. The molecule has 100 valence electrons. The van der Waals surface area contributed by atoms with E-state index in [-0.39, 0.29) is 5.91 Å². The molecule has 4 heteroatoms. The number of carbonyl (C=O) groups is 1. The minimum atomic E-state index is -0.0644. The molecule has 0 saturated heterocycles. The maximum atomic E-state index is 12.5. The molecule has 1 aliphatic rings. The molecule has 0 radical (unpaired) electrons. The van der Waals surface area contributed by atoms with E-state index in [0.29, 0.717) is 28.9 Å². The molecule has 0 fully saturated rings. The first kappa shape index (κ1) is 12.9. The molecule has 0 aliphatic carbocycles. The molecule has 21 heavy (non-hydrogen) atoms. The second-order valence-corrected chi connectivity index (χ2v) is 4.82. The molecular formula is C17H11N3O. The Bertz CT molecular complexity index is 812. The van der Waals surface area contributed by atoms with Crippen LogP contribution in [0.15, 0.2) is 42.5 Å². The summed E-state index contributed by atoms with van der Waals surface area (Å²) in [5.41, 5.74) is 3.03. The van der Waals surface area contributed by atoms with Gasteiger partial charge in [-0.1, -0.05) is 18.2 Å². The van der Waals surface area contributed by atoms with Crippen molar-refractivity contribution >= 4 is 11.6 Å². The van der Waals surface area contributed by atoms with Gasteiger partial charge in [-0.3, -0.25) is 4.79 Å². The van der Waals surface area contributed by atoms with Crippen molar-refractivity contribution in [2.45, 2.75) is 6.42 Å². The fourth-order valence-electron chi connectivity index (χ4n) is 2.56. The molecule has 1 aliphatic heterocycles. The second kappa shape index (κ2) is 5.11. The number of anilines is 1. The smallest absolute Gasteiger partial charge is 0.258 e. The van der Waals surface area contributed by atoms with E-state index in [1.54, 1.807) is 23.1 Å². The second-order valence-electron chi connectivity index (χ2n) is 4.82. The first-order chi connectivity index (χ1) is 10.2. The van der Waals surface area contributed by atoms with Crippen LogP contribution in [0.1, 0.15) is 27.0 Å². The average Bonchev–Trinajstić information content (AvgIpc) is 2.55. The lowest BCUT2D eigenvalue weighted by atomic mass is 9.98. The Morgan fingerprint density at radius 3 is 2.52 bits per heavy atom. The number of nitriles is 2. The third kappa shape index (κ3) is 2.13. The highest BCUT2D eigenvalue weighted by Crippen LogP contribution is 2.26. The Labute approximate surface area is 122 Å². The van der Waals surface area contributed by atoms with Crippen LogP contribution in [0.25, 0.3) is 0 Å². The summed E-state index contributed by atoms with van der Waals surface area (Å²) >= 11 is 0. The van der Waals surface area contributed by atoms with E-state index in [0.717, 1.165) is 12.0 Å². The summed E-state index contributed by atoms with van der Waals surface area (Å²) in [6.07, 6.45) is 0.782. The minimum absolute atomic E-state index is 0.0644. The zero-order valence-electron chi connectivity index (χ0n) is 11.2. The van der Waals surface area contributed by atoms with Crippen LogP contribution in [0.4, 0.5) is 5.69 Å². The fraction of sp³-hybridized carbons (Fsp3) is 0.118. The summed E-state index contributed by atoms with van der Waals surface area (Å²) in [6.45, 7) is 0.576. The summed E-state index contributed by atoms with van der Waals surface area (Å²) in [4.78, 5) is 14.2. The van der Waals surface area contributed by atoms with E-state index in [4.69, 9.17) is 10.5 Å². The molecule has 1 amide bonds. The molecule has 4 nitrogen and oxygen atoms in total. The highest BCUT2D eigenvalue weighted by Gasteiger charge is 2.25. The van der Waals surface area contributed by atoms with Crippen LogP contribution < -0.4 is 4.90 Å². The predicted molar refractivity (Wildman–Crippen MR) is 77.7 cm³/mol. The molecule has 0 N–H and O–H groups in total. The Morgan fingerprint density at radius 2 is 1.76 bits per heavy atom. The first-order valence-corrected chi connectivity index (χ1v) is 6.58. The van der Waals surface area contributed by atoms with Crippen LogP contribution in [-0.4, -0.2) is 12.5 Å². The number of nitrogens with zero attached hydrogens (tertiary/aromatic N) is 3. The largest absolute Gasteiger partial charge is 0.308 e. The highest BCUT2D eigenvalue weighted by molar-refractivity contribution is 6.08. The third-order valence-electron chi connectivity index (χ3n) is 3.65. The van der Waals surface area contributed by atoms with Crippen LogP contribution in [0.5, 0.6) is 0 Å². The Morgan fingerprint density at radius 1 is 1.00 bits per heavy atom. The molecule has 1 heterocycles. The lowest BCUT2D eigenvalue weighted by molar-refractivity contribution is 0.0980. The number of amides is 1. The van der Waals surface area contributed by atoms with Crippen molar-refractivity contribution in [3.63, 3.8) is 0 Å². The molecule has 0 atom stereocenters. The van der Waals surface area contributed by atoms with Crippen LogP contribution in [-0.2, 0) is 6.42 Å². The maximum Gasteiger partial charge on any atom is 0.258 e. The van der Waals surface area contributed by atoms with Crippen LogP contribution >= 0.6 is 0 Å². The fourth-order valence-corrected chi connectivity index (χ4v) is 2.56. The maximum absolute atomic E-state index is 12.5. The van der Waals surface area contributed by atoms with Gasteiger partial charge in [0.15, 0.2) is 0 Å². The normalized spacial score (nSPS) is 13.2. The SMILES string of the molecule is N#Cc1ccc(N2CCc3ccccc3C2=O)cc1C#N. The van der Waals surface area contributed by atoms with Gasteiger partial charge in [0.05, 0.1) is 11.1 Å². The van der Waals surface area contributed by atoms with E-state index in [1.165, 1.54) is 0 Å². The number of hydrogen-bond donors (Lipinski definition) is 0. The molecule has 2 aromatic rings. The van der Waals surface area contributed by atoms with E-state index in [9.17, 15) is 4.79 Å². The monoisotopic (exact) mass is 273 g/mol. The zero-order chi connectivity index (χ0) is 14.8. The van der Waals surface area contributed by atoms with Crippen molar-refractivity contribution in [3.05, 3.63) is 64.7 Å². The van der Waals surface area contributed by atoms with Crippen molar-refractivity contribution in [2.75, 3.05) is 11.4 Å². The highest BCUT2D eigenvalue weighted by atomic mass is 16.2. The molecule has 0 aromatic heterocycles. The van der Waals surface area contributed by atoms with Gasteiger partial charge in [-0.15, -0.1) is 0 Å². The number of carbonyl (C=O) groups excluding carboxylic acids is 1. The van der Waals surface area contributed by atoms with Crippen LogP contribution in [0.3, 0.4) is 0 Å². The quantitative estimate of drug-likeness (QED) is 0.802. The Hall–Kier alpha value is -3.11. The van der Waals surface area contributed by atoms with Crippen molar-refractivity contribution in [1.29, 1.82) is 10.5 Å². The molecule has 0 spiro atoms. The Balaban J connectivity index is 2.02. The van der Waals surface area contributed by atoms with Crippen molar-refractivity contribution in [2.24, 2.45) is 0 Å². The minimum Gasteiger partial charge on any atom is -0.308 e. The van der Waals surface area contributed by atoms with Gasteiger partial charge in [0.2, 0.25) is 0 Å². The van der Waals surface area contributed by atoms with E-state index in [1.807, 2.05) is 36.4 Å². The van der Waals surface area contributed by atoms with Gasteiger partial charge < -0.3 is 4.90 Å². The number of hydrogen-bond acceptors (Lipinski definition) is 3. The summed E-state index contributed by atoms with van der Waals surface area (Å²) in [6, 6.07) is 16.4.